The maximum absolute atomic E-state index is 13.0. The van der Waals surface area contributed by atoms with Crippen molar-refractivity contribution in [3.05, 3.63) is 66.0 Å². The lowest BCUT2D eigenvalue weighted by Crippen LogP contribution is -2.57. The molecule has 154 valence electrons. The van der Waals surface area contributed by atoms with Crippen LogP contribution in [0.15, 0.2) is 54.9 Å². The molecule has 2 aromatic heterocycles. The second-order valence-electron chi connectivity index (χ2n) is 8.11. The SMILES string of the molecule is O=C(Cc1c[nH]c2ncccc12)NC[C@H]1CN(C(=O)c2ccccc2)[C@H]2CCN1C2. The zero-order valence-corrected chi connectivity index (χ0v) is 16.8. The molecule has 0 radical (unpaired) electrons. The average molecular weight is 403 g/mol. The molecular weight excluding hydrogens is 378 g/mol. The number of hydrogen-bond acceptors (Lipinski definition) is 4. The maximum atomic E-state index is 13.0. The Morgan fingerprint density at radius 2 is 2.00 bits per heavy atom. The molecule has 2 saturated heterocycles. The Morgan fingerprint density at radius 3 is 2.87 bits per heavy atom. The van der Waals surface area contributed by atoms with Gasteiger partial charge in [-0.05, 0) is 36.2 Å². The highest BCUT2D eigenvalue weighted by atomic mass is 16.2. The zero-order valence-electron chi connectivity index (χ0n) is 16.8. The molecule has 2 bridgehead atoms. The first-order valence-corrected chi connectivity index (χ1v) is 10.5. The Morgan fingerprint density at radius 1 is 1.13 bits per heavy atom. The minimum absolute atomic E-state index is 0.0120. The number of rotatable bonds is 5. The molecule has 2 N–H and O–H groups in total. The summed E-state index contributed by atoms with van der Waals surface area (Å²) in [4.78, 5) is 37.4. The molecule has 2 amide bonds. The van der Waals surface area contributed by atoms with Gasteiger partial charge in [0.25, 0.3) is 5.91 Å². The normalized spacial score (nSPS) is 22.9. The van der Waals surface area contributed by atoms with Gasteiger partial charge in [0.15, 0.2) is 0 Å². The number of nitrogens with one attached hydrogen (secondary N) is 2. The van der Waals surface area contributed by atoms with Gasteiger partial charge in [-0.15, -0.1) is 0 Å². The number of hydrogen-bond donors (Lipinski definition) is 2. The van der Waals surface area contributed by atoms with E-state index >= 15 is 0 Å². The number of carbonyl (C=O) groups excluding carboxylic acids is 2. The van der Waals surface area contributed by atoms with Crippen LogP contribution in [-0.4, -0.2) is 69.8 Å². The summed E-state index contributed by atoms with van der Waals surface area (Å²) in [6.07, 6.45) is 4.89. The summed E-state index contributed by atoms with van der Waals surface area (Å²) in [5, 5.41) is 4.06. The lowest BCUT2D eigenvalue weighted by molar-refractivity contribution is -0.120. The Hall–Kier alpha value is -3.19. The van der Waals surface area contributed by atoms with E-state index in [0.29, 0.717) is 19.5 Å². The van der Waals surface area contributed by atoms with Crippen LogP contribution in [0.1, 0.15) is 22.3 Å². The molecule has 7 heteroatoms. The fourth-order valence-electron chi connectivity index (χ4n) is 4.66. The summed E-state index contributed by atoms with van der Waals surface area (Å²) in [6.45, 7) is 3.05. The average Bonchev–Trinajstić information content (AvgIpc) is 3.39. The molecule has 2 fully saturated rings. The molecule has 2 aliphatic heterocycles. The van der Waals surface area contributed by atoms with Crippen LogP contribution in [0, 0.1) is 0 Å². The molecule has 1 unspecified atom stereocenters. The van der Waals surface area contributed by atoms with Gasteiger partial charge < -0.3 is 15.2 Å². The van der Waals surface area contributed by atoms with Crippen LogP contribution in [0.4, 0.5) is 0 Å². The van der Waals surface area contributed by atoms with Gasteiger partial charge in [-0.25, -0.2) is 4.98 Å². The molecule has 0 saturated carbocycles. The first-order chi connectivity index (χ1) is 14.7. The molecule has 3 aromatic rings. The smallest absolute Gasteiger partial charge is 0.254 e. The molecule has 4 heterocycles. The van der Waals surface area contributed by atoms with Crippen molar-refractivity contribution in [2.75, 3.05) is 26.2 Å². The van der Waals surface area contributed by atoms with Gasteiger partial charge in [-0.1, -0.05) is 18.2 Å². The number of amides is 2. The van der Waals surface area contributed by atoms with Crippen LogP contribution in [0.3, 0.4) is 0 Å². The number of H-pyrrole nitrogens is 1. The Balaban J connectivity index is 1.22. The molecule has 1 aromatic carbocycles. The van der Waals surface area contributed by atoms with Crippen LogP contribution >= 0.6 is 0 Å². The number of piperazine rings is 1. The van der Waals surface area contributed by atoms with E-state index in [0.717, 1.165) is 41.7 Å². The molecule has 2 aliphatic rings. The van der Waals surface area contributed by atoms with Crippen LogP contribution in [0.5, 0.6) is 0 Å². The molecule has 7 nitrogen and oxygen atoms in total. The third-order valence-electron chi connectivity index (χ3n) is 6.26. The predicted molar refractivity (Wildman–Crippen MR) is 114 cm³/mol. The summed E-state index contributed by atoms with van der Waals surface area (Å²) in [6, 6.07) is 13.7. The van der Waals surface area contributed by atoms with Gasteiger partial charge in [-0.3, -0.25) is 14.5 Å². The van der Waals surface area contributed by atoms with E-state index in [1.54, 1.807) is 6.20 Å². The summed E-state index contributed by atoms with van der Waals surface area (Å²) in [7, 11) is 0. The third kappa shape index (κ3) is 3.57. The number of aromatic amines is 1. The number of pyridine rings is 1. The van der Waals surface area contributed by atoms with Crippen molar-refractivity contribution in [2.24, 2.45) is 0 Å². The van der Waals surface area contributed by atoms with Crippen LogP contribution in [0.2, 0.25) is 0 Å². The zero-order chi connectivity index (χ0) is 20.5. The van der Waals surface area contributed by atoms with E-state index in [2.05, 4.69) is 20.2 Å². The highest BCUT2D eigenvalue weighted by molar-refractivity contribution is 5.94. The van der Waals surface area contributed by atoms with Gasteiger partial charge in [-0.2, -0.15) is 0 Å². The summed E-state index contributed by atoms with van der Waals surface area (Å²) >= 11 is 0. The van der Waals surface area contributed by atoms with E-state index in [1.807, 2.05) is 53.6 Å². The van der Waals surface area contributed by atoms with Crippen molar-refractivity contribution >= 4 is 22.8 Å². The van der Waals surface area contributed by atoms with Crippen molar-refractivity contribution in [3.8, 4) is 0 Å². The van der Waals surface area contributed by atoms with Gasteiger partial charge in [0, 0.05) is 61.6 Å². The Kier molecular flexibility index (Phi) is 4.96. The van der Waals surface area contributed by atoms with Crippen molar-refractivity contribution < 1.29 is 9.59 Å². The van der Waals surface area contributed by atoms with Crippen LogP contribution < -0.4 is 5.32 Å². The predicted octanol–water partition coefficient (Wildman–Crippen LogP) is 1.82. The van der Waals surface area contributed by atoms with E-state index < -0.39 is 0 Å². The second kappa shape index (κ2) is 7.91. The fourth-order valence-corrected chi connectivity index (χ4v) is 4.66. The van der Waals surface area contributed by atoms with Crippen LogP contribution in [0.25, 0.3) is 11.0 Å². The quantitative estimate of drug-likeness (QED) is 0.681. The highest BCUT2D eigenvalue weighted by Crippen LogP contribution is 2.26. The van der Waals surface area contributed by atoms with E-state index in [9.17, 15) is 9.59 Å². The van der Waals surface area contributed by atoms with Gasteiger partial charge in [0.05, 0.1) is 6.42 Å². The molecule has 0 aliphatic carbocycles. The summed E-state index contributed by atoms with van der Waals surface area (Å²) in [5.74, 6) is 0.0757. The first kappa shape index (κ1) is 18.8. The third-order valence-corrected chi connectivity index (χ3v) is 6.26. The lowest BCUT2D eigenvalue weighted by atomic mass is 10.1. The number of aromatic nitrogens is 2. The number of benzene rings is 1. The molecule has 30 heavy (non-hydrogen) atoms. The van der Waals surface area contributed by atoms with Crippen molar-refractivity contribution in [2.45, 2.75) is 24.9 Å². The Labute approximate surface area is 175 Å². The highest BCUT2D eigenvalue weighted by Gasteiger charge is 2.40. The largest absolute Gasteiger partial charge is 0.354 e. The second-order valence-corrected chi connectivity index (χ2v) is 8.11. The number of carbonyl (C=O) groups is 2. The Bertz CT molecular complexity index is 1060. The fraction of sp³-hybridized carbons (Fsp3) is 0.348. The standard InChI is InChI=1S/C23H25N5O2/c29-21(11-17-12-26-22-20(17)7-4-9-24-22)25-13-19-15-28(18-8-10-27(19)14-18)23(30)16-5-2-1-3-6-16/h1-7,9,12,18-19H,8,10-11,13-15H2,(H,24,26)(H,25,29)/t18-,19-/m0/s1. The summed E-state index contributed by atoms with van der Waals surface area (Å²) < 4.78 is 0. The lowest BCUT2D eigenvalue weighted by Gasteiger charge is -2.40. The first-order valence-electron chi connectivity index (χ1n) is 10.5. The van der Waals surface area contributed by atoms with Crippen molar-refractivity contribution in [1.29, 1.82) is 0 Å². The van der Waals surface area contributed by atoms with Crippen molar-refractivity contribution in [1.82, 2.24) is 25.1 Å². The topological polar surface area (TPSA) is 81.3 Å². The molecule has 5 rings (SSSR count). The van der Waals surface area contributed by atoms with Gasteiger partial charge in [0.2, 0.25) is 5.91 Å². The minimum Gasteiger partial charge on any atom is -0.354 e. The number of nitrogens with zero attached hydrogens (tertiary/aromatic N) is 3. The van der Waals surface area contributed by atoms with Crippen LogP contribution in [-0.2, 0) is 11.2 Å². The minimum atomic E-state index is -0.0120. The molecule has 0 spiro atoms. The molecule has 3 atom stereocenters. The van der Waals surface area contributed by atoms with E-state index in [-0.39, 0.29) is 23.9 Å². The monoisotopic (exact) mass is 403 g/mol. The maximum Gasteiger partial charge on any atom is 0.254 e. The van der Waals surface area contributed by atoms with Gasteiger partial charge >= 0.3 is 0 Å². The molecular formula is C23H25N5O2. The van der Waals surface area contributed by atoms with E-state index in [4.69, 9.17) is 0 Å². The van der Waals surface area contributed by atoms with Crippen molar-refractivity contribution in [3.63, 3.8) is 0 Å². The number of fused-ring (bicyclic) bond motifs is 3. The van der Waals surface area contributed by atoms with Gasteiger partial charge in [0.1, 0.15) is 5.65 Å². The van der Waals surface area contributed by atoms with E-state index in [1.165, 1.54) is 0 Å². The summed E-state index contributed by atoms with van der Waals surface area (Å²) in [5.41, 5.74) is 2.47.